The number of phenolic OH excluding ortho intramolecular Hbond substituents is 1. The summed E-state index contributed by atoms with van der Waals surface area (Å²) in [7, 11) is 0. The van der Waals surface area contributed by atoms with E-state index in [0.717, 1.165) is 37.8 Å². The number of fused-ring (bicyclic) bond motifs is 2. The second-order valence-electron chi connectivity index (χ2n) is 14.1. The minimum atomic E-state index is -0.897. The number of alkyl halides is 1. The lowest BCUT2D eigenvalue weighted by Gasteiger charge is -2.31. The number of aromatic hydroxyl groups is 1. The first-order valence-corrected chi connectivity index (χ1v) is 17.3. The van der Waals surface area contributed by atoms with Crippen molar-refractivity contribution in [3.8, 4) is 22.9 Å². The third kappa shape index (κ3) is 5.37. The van der Waals surface area contributed by atoms with E-state index >= 15 is 8.78 Å². The third-order valence-corrected chi connectivity index (χ3v) is 11.0. The van der Waals surface area contributed by atoms with Crippen molar-refractivity contribution in [2.45, 2.75) is 101 Å². The number of hydrogen-bond donors (Lipinski definition) is 3. The summed E-state index contributed by atoms with van der Waals surface area (Å²) in [6.45, 7) is 5.51. The molecule has 0 spiro atoms. The summed E-state index contributed by atoms with van der Waals surface area (Å²) in [5.74, 6) is -0.444. The van der Waals surface area contributed by atoms with Crippen molar-refractivity contribution in [2.75, 3.05) is 25.0 Å². The van der Waals surface area contributed by atoms with Gasteiger partial charge in [0.15, 0.2) is 5.82 Å². The number of phenols is 1. The fraction of sp³-hybridized carbons (Fsp3) is 0.514. The van der Waals surface area contributed by atoms with Gasteiger partial charge in [-0.25, -0.2) is 13.2 Å². The van der Waals surface area contributed by atoms with Crippen molar-refractivity contribution in [3.63, 3.8) is 0 Å². The summed E-state index contributed by atoms with van der Waals surface area (Å²) < 4.78 is 53.0. The Labute approximate surface area is 272 Å². The summed E-state index contributed by atoms with van der Waals surface area (Å²) in [6.07, 6.45) is 6.44. The lowest BCUT2D eigenvalue weighted by Crippen LogP contribution is -2.45. The summed E-state index contributed by atoms with van der Waals surface area (Å²) in [6, 6.07) is 8.76. The van der Waals surface area contributed by atoms with E-state index < -0.39 is 17.5 Å². The number of aromatic nitrogens is 2. The predicted octanol–water partition coefficient (Wildman–Crippen LogP) is 7.21. The maximum atomic E-state index is 17.1. The molecule has 1 saturated carbocycles. The highest BCUT2D eigenvalue weighted by molar-refractivity contribution is 6.04. The number of nitrogens with zero attached hydrogens (tertiary/aromatic N) is 3. The molecule has 8 rings (SSSR count). The summed E-state index contributed by atoms with van der Waals surface area (Å²) in [5, 5.41) is 20.0. The van der Waals surface area contributed by atoms with Gasteiger partial charge >= 0.3 is 6.01 Å². The van der Waals surface area contributed by atoms with Gasteiger partial charge < -0.3 is 20.5 Å². The molecule has 1 aliphatic carbocycles. The van der Waals surface area contributed by atoms with Gasteiger partial charge in [0.2, 0.25) is 0 Å². The highest BCUT2D eigenvalue weighted by Crippen LogP contribution is 2.44. The zero-order valence-electron chi connectivity index (χ0n) is 27.0. The molecule has 10 heteroatoms. The maximum absolute atomic E-state index is 17.1. The molecule has 4 aromatic rings. The quantitative estimate of drug-likeness (QED) is 0.178. The fourth-order valence-corrected chi connectivity index (χ4v) is 8.54. The van der Waals surface area contributed by atoms with Gasteiger partial charge in [-0.05, 0) is 110 Å². The van der Waals surface area contributed by atoms with E-state index in [1.165, 1.54) is 25.0 Å². The van der Waals surface area contributed by atoms with E-state index in [1.807, 2.05) is 13.0 Å². The zero-order valence-corrected chi connectivity index (χ0v) is 27.0. The molecule has 3 fully saturated rings. The molecular weight excluding hydrogens is 603 g/mol. The molecule has 7 nitrogen and oxygen atoms in total. The average molecular weight is 646 g/mol. The van der Waals surface area contributed by atoms with Crippen LogP contribution in [-0.2, 0) is 12.8 Å². The van der Waals surface area contributed by atoms with Crippen LogP contribution in [0.4, 0.5) is 19.0 Å². The minimum absolute atomic E-state index is 0.0271. The first-order valence-electron chi connectivity index (χ1n) is 17.3. The highest BCUT2D eigenvalue weighted by atomic mass is 19.1. The first kappa shape index (κ1) is 30.7. The van der Waals surface area contributed by atoms with E-state index in [9.17, 15) is 9.50 Å². The molecule has 1 aromatic heterocycles. The normalized spacial score (nSPS) is 24.8. The van der Waals surface area contributed by atoms with Crippen molar-refractivity contribution >= 4 is 27.5 Å². The van der Waals surface area contributed by atoms with E-state index in [-0.39, 0.29) is 47.3 Å². The smallest absolute Gasteiger partial charge is 0.319 e. The predicted molar refractivity (Wildman–Crippen MR) is 178 cm³/mol. The number of hydrogen-bond acceptors (Lipinski definition) is 7. The lowest BCUT2D eigenvalue weighted by molar-refractivity contribution is 0.107. The van der Waals surface area contributed by atoms with Crippen LogP contribution in [0.15, 0.2) is 30.3 Å². The Hall–Kier alpha value is -3.63. The van der Waals surface area contributed by atoms with E-state index in [2.05, 4.69) is 22.5 Å². The number of anilines is 1. The molecule has 0 unspecified atom stereocenters. The molecule has 47 heavy (non-hydrogen) atoms. The Morgan fingerprint density at radius 1 is 1.11 bits per heavy atom. The van der Waals surface area contributed by atoms with Crippen LogP contribution in [0, 0.1) is 11.6 Å². The second kappa shape index (κ2) is 11.8. The van der Waals surface area contributed by atoms with Gasteiger partial charge in [-0.15, -0.1) is 0 Å². The van der Waals surface area contributed by atoms with E-state index in [4.69, 9.17) is 14.7 Å². The maximum Gasteiger partial charge on any atom is 0.319 e. The highest BCUT2D eigenvalue weighted by Gasteiger charge is 2.49. The zero-order chi connectivity index (χ0) is 32.4. The van der Waals surface area contributed by atoms with Gasteiger partial charge in [0, 0.05) is 42.0 Å². The third-order valence-electron chi connectivity index (χ3n) is 11.0. The number of nitrogens with one attached hydrogen (secondary N) is 2. The van der Waals surface area contributed by atoms with Crippen molar-refractivity contribution in [2.24, 2.45) is 0 Å². The number of ether oxygens (including phenoxy) is 1. The topological polar surface area (TPSA) is 82.5 Å². The molecule has 3 aromatic carbocycles. The molecule has 0 amide bonds. The van der Waals surface area contributed by atoms with Crippen LogP contribution in [0.2, 0.25) is 0 Å². The molecular formula is C37H42F3N5O2. The molecule has 248 valence electrons. The average Bonchev–Trinajstić information content (AvgIpc) is 3.76. The Balaban J connectivity index is 1.28. The molecule has 0 radical (unpaired) electrons. The Bertz CT molecular complexity index is 1870. The standard InChI is InChI=1S/C37H42F3N5O2/c1-3-25-28(39)10-6-20-14-24(46)16-26(31(20)25)27-15-21-7-11-30(29(4-2)41-23-8-9-23)42-35-32(21)34(33(27)40)43-36(44-35)47-19-37-12-5-13-45(37)18-22(38)17-37/h6,10,14-16,22-23,29-30,41,46H,3-5,7-9,11-13,17-19H2,1-2H3,(H,42,43,44)/t22-,29+,30-,37+/m1/s1. The van der Waals surface area contributed by atoms with E-state index in [0.29, 0.717) is 65.0 Å². The van der Waals surface area contributed by atoms with Gasteiger partial charge in [0.1, 0.15) is 35.7 Å². The molecule has 3 N–H and O–H groups in total. The first-order chi connectivity index (χ1) is 22.8. The molecule has 4 heterocycles. The largest absolute Gasteiger partial charge is 0.508 e. The Morgan fingerprint density at radius 2 is 1.96 bits per heavy atom. The Kier molecular flexibility index (Phi) is 7.71. The number of aryl methyl sites for hydroxylation is 2. The van der Waals surface area contributed by atoms with Gasteiger partial charge in [0.25, 0.3) is 0 Å². The van der Waals surface area contributed by atoms with Crippen molar-refractivity contribution in [1.82, 2.24) is 20.2 Å². The molecule has 4 aliphatic rings. The van der Waals surface area contributed by atoms with E-state index in [1.54, 1.807) is 12.1 Å². The van der Waals surface area contributed by atoms with Crippen LogP contribution >= 0.6 is 0 Å². The Morgan fingerprint density at radius 3 is 2.74 bits per heavy atom. The van der Waals surface area contributed by atoms with Crippen LogP contribution in [0.25, 0.3) is 32.8 Å². The van der Waals surface area contributed by atoms with Crippen LogP contribution in [0.5, 0.6) is 11.8 Å². The van der Waals surface area contributed by atoms with Gasteiger partial charge in [0.05, 0.1) is 5.54 Å². The number of rotatable bonds is 9. The van der Waals surface area contributed by atoms with Crippen LogP contribution < -0.4 is 15.4 Å². The van der Waals surface area contributed by atoms with Crippen molar-refractivity contribution in [3.05, 3.63) is 53.1 Å². The summed E-state index contributed by atoms with van der Waals surface area (Å²) in [5.41, 5.74) is 1.74. The van der Waals surface area contributed by atoms with Gasteiger partial charge in [-0.2, -0.15) is 9.97 Å². The molecule has 2 saturated heterocycles. The van der Waals surface area contributed by atoms with Gasteiger partial charge in [-0.1, -0.05) is 19.9 Å². The number of halogens is 3. The number of benzene rings is 3. The second-order valence-corrected chi connectivity index (χ2v) is 14.1. The molecule has 0 bridgehead atoms. The fourth-order valence-electron chi connectivity index (χ4n) is 8.54. The summed E-state index contributed by atoms with van der Waals surface area (Å²) >= 11 is 0. The monoisotopic (exact) mass is 645 g/mol. The van der Waals surface area contributed by atoms with Gasteiger partial charge in [-0.3, -0.25) is 4.90 Å². The van der Waals surface area contributed by atoms with Crippen molar-refractivity contribution < 1.29 is 23.0 Å². The lowest BCUT2D eigenvalue weighted by atomic mass is 9.90. The van der Waals surface area contributed by atoms with Crippen LogP contribution in [-0.4, -0.2) is 69.5 Å². The van der Waals surface area contributed by atoms with Crippen molar-refractivity contribution in [1.29, 1.82) is 0 Å². The SMILES string of the molecule is CCc1c(F)ccc2cc(O)cc(-c3cc4c5c(nc(OC[C@@]67CCCN6C[C@H](F)C7)nc5c3F)N[C@@H]([C@H](CC)NC3CC3)CC4)c12. The minimum Gasteiger partial charge on any atom is -0.508 e. The molecule has 3 aliphatic heterocycles. The van der Waals surface area contributed by atoms with Crippen LogP contribution in [0.1, 0.15) is 69.9 Å². The van der Waals surface area contributed by atoms with Crippen LogP contribution in [0.3, 0.4) is 0 Å². The summed E-state index contributed by atoms with van der Waals surface area (Å²) in [4.78, 5) is 11.7. The molecule has 4 atom stereocenters.